The first kappa shape index (κ1) is 17.1. The highest BCUT2D eigenvalue weighted by Crippen LogP contribution is 2.21. The minimum absolute atomic E-state index is 0.0647. The van der Waals surface area contributed by atoms with Gasteiger partial charge in [-0.05, 0) is 20.3 Å². The second-order valence-corrected chi connectivity index (χ2v) is 8.51. The van der Waals surface area contributed by atoms with Crippen molar-refractivity contribution in [3.63, 3.8) is 0 Å². The Labute approximate surface area is 142 Å². The van der Waals surface area contributed by atoms with Crippen LogP contribution in [-0.4, -0.2) is 38.8 Å². The van der Waals surface area contributed by atoms with Crippen LogP contribution < -0.4 is 4.72 Å². The van der Waals surface area contributed by atoms with Gasteiger partial charge < -0.3 is 9.13 Å². The van der Waals surface area contributed by atoms with E-state index >= 15 is 0 Å². The molecule has 0 bridgehead atoms. The minimum atomic E-state index is -3.63. The van der Waals surface area contributed by atoms with Crippen molar-refractivity contribution in [1.82, 2.24) is 29.0 Å². The number of sulfonamides is 1. The molecule has 9 heteroatoms. The van der Waals surface area contributed by atoms with E-state index in [-0.39, 0.29) is 23.0 Å². The van der Waals surface area contributed by atoms with Crippen molar-refractivity contribution < 1.29 is 8.42 Å². The van der Waals surface area contributed by atoms with E-state index in [1.165, 1.54) is 0 Å². The Bertz CT molecular complexity index is 821. The monoisotopic (exact) mass is 352 g/mol. The van der Waals surface area contributed by atoms with Crippen molar-refractivity contribution in [1.29, 1.82) is 0 Å². The van der Waals surface area contributed by atoms with E-state index in [1.54, 1.807) is 17.1 Å². The van der Waals surface area contributed by atoms with Crippen LogP contribution in [0.15, 0.2) is 17.6 Å². The largest absolute Gasteiger partial charge is 0.334 e. The molecule has 0 radical (unpaired) electrons. The predicted molar refractivity (Wildman–Crippen MR) is 89.2 cm³/mol. The number of nitrogens with zero attached hydrogens (tertiary/aromatic N) is 5. The Morgan fingerprint density at radius 3 is 2.62 bits per heavy atom. The summed E-state index contributed by atoms with van der Waals surface area (Å²) in [4.78, 5) is 4.04. The molecule has 3 rings (SSSR count). The van der Waals surface area contributed by atoms with E-state index < -0.39 is 10.0 Å². The highest BCUT2D eigenvalue weighted by molar-refractivity contribution is 7.89. The summed E-state index contributed by atoms with van der Waals surface area (Å²) in [5, 5.41) is 8.50. The molecule has 24 heavy (non-hydrogen) atoms. The summed E-state index contributed by atoms with van der Waals surface area (Å²) in [6.45, 7) is 8.63. The molecule has 0 aromatic carbocycles. The Morgan fingerprint density at radius 2 is 2.00 bits per heavy atom. The second-order valence-electron chi connectivity index (χ2n) is 6.85. The van der Waals surface area contributed by atoms with Gasteiger partial charge >= 0.3 is 0 Å². The third-order valence-corrected chi connectivity index (χ3v) is 5.67. The topological polar surface area (TPSA) is 94.7 Å². The molecular weight excluding hydrogens is 328 g/mol. The molecule has 0 aliphatic carbocycles. The first-order chi connectivity index (χ1) is 11.3. The molecule has 0 saturated heterocycles. The first-order valence-corrected chi connectivity index (χ1v) is 9.74. The van der Waals surface area contributed by atoms with Crippen molar-refractivity contribution in [2.45, 2.75) is 70.1 Å². The van der Waals surface area contributed by atoms with Crippen LogP contribution in [0.3, 0.4) is 0 Å². The molecule has 0 spiro atoms. The maximum Gasteiger partial charge on any atom is 0.259 e. The molecule has 2 aromatic rings. The number of imidazole rings is 1. The fourth-order valence-electron chi connectivity index (χ4n) is 2.89. The Kier molecular flexibility index (Phi) is 4.48. The third kappa shape index (κ3) is 3.23. The van der Waals surface area contributed by atoms with E-state index in [9.17, 15) is 8.42 Å². The fourth-order valence-corrected chi connectivity index (χ4v) is 4.09. The van der Waals surface area contributed by atoms with Gasteiger partial charge in [-0.15, -0.1) is 10.2 Å². The van der Waals surface area contributed by atoms with Crippen molar-refractivity contribution in [3.05, 3.63) is 24.2 Å². The lowest BCUT2D eigenvalue weighted by molar-refractivity contribution is 0.409. The first-order valence-electron chi connectivity index (χ1n) is 8.25. The molecule has 1 N–H and O–H groups in total. The number of fused-ring (bicyclic) bond motifs is 1. The molecule has 8 nitrogen and oxygen atoms in total. The van der Waals surface area contributed by atoms with Crippen LogP contribution in [0.1, 0.15) is 57.7 Å². The fraction of sp³-hybridized carbons (Fsp3) is 0.667. The molecule has 0 unspecified atom stereocenters. The molecule has 0 saturated carbocycles. The average molecular weight is 352 g/mol. The smallest absolute Gasteiger partial charge is 0.259 e. The minimum Gasteiger partial charge on any atom is -0.334 e. The lowest BCUT2D eigenvalue weighted by Gasteiger charge is -2.25. The van der Waals surface area contributed by atoms with Crippen molar-refractivity contribution in [3.8, 4) is 0 Å². The number of rotatable bonds is 5. The molecule has 2 aromatic heterocycles. The number of nitrogens with one attached hydrogen (secondary N) is 1. The number of aryl methyl sites for hydroxylation is 1. The van der Waals surface area contributed by atoms with Gasteiger partial charge in [0.15, 0.2) is 5.03 Å². The van der Waals surface area contributed by atoms with Crippen LogP contribution in [0.2, 0.25) is 0 Å². The van der Waals surface area contributed by atoms with Gasteiger partial charge in [0.05, 0.1) is 6.33 Å². The summed E-state index contributed by atoms with van der Waals surface area (Å²) < 4.78 is 31.8. The molecule has 3 heterocycles. The number of hydrogen-bond donors (Lipinski definition) is 1. The lowest BCUT2D eigenvalue weighted by atomic mass is 10.1. The van der Waals surface area contributed by atoms with E-state index in [4.69, 9.17) is 0 Å². The van der Waals surface area contributed by atoms with E-state index in [1.807, 2.05) is 18.4 Å². The molecule has 132 valence electrons. The van der Waals surface area contributed by atoms with Crippen molar-refractivity contribution >= 4 is 10.0 Å². The maximum atomic E-state index is 12.6. The Balaban J connectivity index is 1.77. The summed E-state index contributed by atoms with van der Waals surface area (Å²) in [6, 6.07) is -0.00971. The van der Waals surface area contributed by atoms with Gasteiger partial charge in [-0.2, -0.15) is 0 Å². The molecule has 0 amide bonds. The van der Waals surface area contributed by atoms with Gasteiger partial charge in [0, 0.05) is 37.2 Å². The summed E-state index contributed by atoms with van der Waals surface area (Å²) in [7, 11) is -3.63. The molecule has 1 aliphatic heterocycles. The molecule has 1 atom stereocenters. The van der Waals surface area contributed by atoms with Gasteiger partial charge in [0.2, 0.25) is 0 Å². The summed E-state index contributed by atoms with van der Waals surface area (Å²) >= 11 is 0. The zero-order chi connectivity index (χ0) is 17.5. The number of hydrogen-bond acceptors (Lipinski definition) is 5. The van der Waals surface area contributed by atoms with Crippen LogP contribution in [0.25, 0.3) is 0 Å². The standard InChI is InChI=1S/C15H24N6O2S/c1-10(2)15-18-17-13-6-5-12(7-21(13)15)19-24(22,23)14-8-20(9-16-14)11(3)4/h8-12,19H,5-7H2,1-4H3/t12-/m1/s1. The van der Waals surface area contributed by atoms with Gasteiger partial charge in [0.1, 0.15) is 11.6 Å². The van der Waals surface area contributed by atoms with Gasteiger partial charge in [0.25, 0.3) is 10.0 Å². The quantitative estimate of drug-likeness (QED) is 0.879. The third-order valence-electron chi connectivity index (χ3n) is 4.26. The van der Waals surface area contributed by atoms with Crippen molar-refractivity contribution in [2.75, 3.05) is 0 Å². The second kappa shape index (κ2) is 6.29. The van der Waals surface area contributed by atoms with E-state index in [0.717, 1.165) is 11.6 Å². The van der Waals surface area contributed by atoms with E-state index in [0.29, 0.717) is 19.4 Å². The van der Waals surface area contributed by atoms with Crippen LogP contribution >= 0.6 is 0 Å². The lowest BCUT2D eigenvalue weighted by Crippen LogP contribution is -2.41. The Morgan fingerprint density at radius 1 is 1.25 bits per heavy atom. The van der Waals surface area contributed by atoms with Gasteiger partial charge in [-0.1, -0.05) is 13.8 Å². The highest BCUT2D eigenvalue weighted by Gasteiger charge is 2.28. The average Bonchev–Trinajstić information content (AvgIpc) is 3.13. The summed E-state index contributed by atoms with van der Waals surface area (Å²) in [6.07, 6.45) is 4.54. The zero-order valence-corrected chi connectivity index (χ0v) is 15.3. The summed E-state index contributed by atoms with van der Waals surface area (Å²) in [5.41, 5.74) is 0. The Hall–Kier alpha value is -1.74. The van der Waals surface area contributed by atoms with Crippen molar-refractivity contribution in [2.24, 2.45) is 0 Å². The number of aromatic nitrogens is 5. The normalized spacial score (nSPS) is 18.3. The van der Waals surface area contributed by atoms with Crippen LogP contribution in [0.4, 0.5) is 0 Å². The van der Waals surface area contributed by atoms with Crippen LogP contribution in [0.5, 0.6) is 0 Å². The van der Waals surface area contributed by atoms with Gasteiger partial charge in [-0.3, -0.25) is 0 Å². The van der Waals surface area contributed by atoms with Gasteiger partial charge in [-0.25, -0.2) is 18.1 Å². The van der Waals surface area contributed by atoms with Crippen LogP contribution in [-0.2, 0) is 23.0 Å². The molecule has 0 fully saturated rings. The summed E-state index contributed by atoms with van der Waals surface area (Å²) in [5.74, 6) is 2.08. The van der Waals surface area contributed by atoms with Crippen LogP contribution in [0, 0.1) is 0 Å². The maximum absolute atomic E-state index is 12.6. The SMILES string of the molecule is CC(C)c1nnc2n1C[C@H](NS(=O)(=O)c1cn(C(C)C)cn1)CC2. The molecular formula is C15H24N6O2S. The zero-order valence-electron chi connectivity index (χ0n) is 14.5. The highest BCUT2D eigenvalue weighted by atomic mass is 32.2. The van der Waals surface area contributed by atoms with E-state index in [2.05, 4.69) is 33.8 Å². The predicted octanol–water partition coefficient (Wildman–Crippen LogP) is 1.47. The molecule has 1 aliphatic rings.